The van der Waals surface area contributed by atoms with Crippen LogP contribution in [0.2, 0.25) is 0 Å². The molecule has 0 aliphatic carbocycles. The lowest BCUT2D eigenvalue weighted by Crippen LogP contribution is -2.36. The molecule has 0 bridgehead atoms. The highest BCUT2D eigenvalue weighted by molar-refractivity contribution is 9.10. The van der Waals surface area contributed by atoms with E-state index in [2.05, 4.69) is 61.3 Å². The van der Waals surface area contributed by atoms with Crippen LogP contribution in [0.1, 0.15) is 25.0 Å². The van der Waals surface area contributed by atoms with E-state index >= 15 is 8.78 Å². The molecule has 0 radical (unpaired) electrons. The fourth-order valence-electron chi connectivity index (χ4n) is 10.2. The van der Waals surface area contributed by atoms with E-state index in [1.165, 1.54) is 36.4 Å². The number of fused-ring (bicyclic) bond motifs is 2. The largest absolute Gasteiger partial charge is 0.488 e. The standard InChI is InChI=1S/C32H29F2N5O3S.C24H20BrF2N5O.C8H11BO4S/c1-3-43(40,41)23-9-7-21(8-10-23)24-19-36-29(39-12-14-42-15-13-39)18-27(24)37-32-20(2)31(26-6-4-5-11-35-26)38-28-17-22(33)16-25(34)30(28)32;1-14-23(18-4-2-3-5-28-18)31-20-11-15(26)10-17(27)22(20)24(14)30-19-12-21(29-13-16(19)25)32-6-8-33-9-7-32;1-2-14(12,13)8-5-3-7(4-6-8)9(10)11/h4-11,16-19H,3,12-15H2,1-2H3,(H,36,37,38);2-5,10-13H,6-9H2,1H3,(H,29,30,31);3-6,10-11H,2H2,1H3. The summed E-state index contributed by atoms with van der Waals surface area (Å²) in [6, 6.07) is 30.9. The highest BCUT2D eigenvalue weighted by Gasteiger charge is 2.25. The molecule has 4 N–H and O–H groups in total. The minimum absolute atomic E-state index is 0.00584. The number of hydrogen-bond donors (Lipinski definition) is 4. The third-order valence-electron chi connectivity index (χ3n) is 15.1. The van der Waals surface area contributed by atoms with Crippen molar-refractivity contribution in [2.24, 2.45) is 0 Å². The van der Waals surface area contributed by atoms with Crippen molar-refractivity contribution in [2.75, 3.05) is 84.5 Å². The lowest BCUT2D eigenvalue weighted by atomic mass is 9.81. The van der Waals surface area contributed by atoms with Gasteiger partial charge in [-0.25, -0.2) is 54.3 Å². The van der Waals surface area contributed by atoms with Crippen LogP contribution < -0.4 is 25.9 Å². The third kappa shape index (κ3) is 14.6. The Bertz CT molecular complexity index is 4470. The first-order chi connectivity index (χ1) is 43.2. The topological polar surface area (TPSA) is 235 Å². The average Bonchev–Trinajstić information content (AvgIpc) is 2.23. The van der Waals surface area contributed by atoms with Crippen molar-refractivity contribution in [3.8, 4) is 33.9 Å². The molecule has 0 amide bonds. The number of hydrogen-bond acceptors (Lipinski definition) is 18. The third-order valence-corrected chi connectivity index (χ3v) is 19.2. The smallest absolute Gasteiger partial charge is 0.423 e. The number of nitrogens with zero attached hydrogens (tertiary/aromatic N) is 8. The fraction of sp³-hybridized carbons (Fsp3) is 0.219. The van der Waals surface area contributed by atoms with Gasteiger partial charge in [0, 0.05) is 104 Å². The van der Waals surface area contributed by atoms with Gasteiger partial charge in [0.1, 0.15) is 34.9 Å². The first kappa shape index (κ1) is 64.5. The molecule has 12 rings (SSSR count). The minimum Gasteiger partial charge on any atom is -0.423 e. The summed E-state index contributed by atoms with van der Waals surface area (Å²) >= 11 is 3.54. The van der Waals surface area contributed by atoms with Gasteiger partial charge in [-0.3, -0.25) is 9.97 Å². The van der Waals surface area contributed by atoms with E-state index in [1.54, 1.807) is 81.1 Å². The van der Waals surface area contributed by atoms with Crippen LogP contribution in [0, 0.1) is 37.1 Å². The molecule has 4 aromatic carbocycles. The van der Waals surface area contributed by atoms with Crippen LogP contribution in [0.5, 0.6) is 0 Å². The van der Waals surface area contributed by atoms with Crippen molar-refractivity contribution in [1.29, 1.82) is 0 Å². The number of rotatable bonds is 14. The molecule has 90 heavy (non-hydrogen) atoms. The van der Waals surface area contributed by atoms with E-state index in [0.717, 1.165) is 31.0 Å². The van der Waals surface area contributed by atoms with Crippen molar-refractivity contribution >= 4 is 104 Å². The van der Waals surface area contributed by atoms with Crippen molar-refractivity contribution in [2.45, 2.75) is 37.5 Å². The zero-order valence-electron chi connectivity index (χ0n) is 49.1. The maximum absolute atomic E-state index is 15.5. The Morgan fingerprint density at radius 1 is 0.567 bits per heavy atom. The Morgan fingerprint density at radius 3 is 1.43 bits per heavy atom. The van der Waals surface area contributed by atoms with Gasteiger partial charge in [-0.15, -0.1) is 0 Å². The van der Waals surface area contributed by atoms with E-state index in [4.69, 9.17) is 24.5 Å². The Morgan fingerprint density at radius 2 is 1.00 bits per heavy atom. The zero-order valence-corrected chi connectivity index (χ0v) is 52.4. The maximum Gasteiger partial charge on any atom is 0.488 e. The second-order valence-electron chi connectivity index (χ2n) is 20.7. The van der Waals surface area contributed by atoms with E-state index in [-0.39, 0.29) is 48.6 Å². The van der Waals surface area contributed by atoms with Gasteiger partial charge in [-0.1, -0.05) is 50.2 Å². The molecule has 0 saturated carbocycles. The number of nitrogens with one attached hydrogen (secondary N) is 2. The highest BCUT2D eigenvalue weighted by Crippen LogP contribution is 2.42. The molecule has 18 nitrogen and oxygen atoms in total. The lowest BCUT2D eigenvalue weighted by Gasteiger charge is -2.28. The van der Waals surface area contributed by atoms with Crippen molar-refractivity contribution in [3.05, 3.63) is 185 Å². The first-order valence-electron chi connectivity index (χ1n) is 28.5. The summed E-state index contributed by atoms with van der Waals surface area (Å²) in [7, 11) is -8.15. The van der Waals surface area contributed by atoms with E-state index in [9.17, 15) is 25.6 Å². The van der Waals surface area contributed by atoms with Crippen LogP contribution in [-0.4, -0.2) is 128 Å². The molecular formula is C64H60BBrF4N10O8S2. The summed E-state index contributed by atoms with van der Waals surface area (Å²) in [5, 5.41) is 24.7. The average molecular weight is 1330 g/mol. The molecule has 0 unspecified atom stereocenters. The van der Waals surface area contributed by atoms with Gasteiger partial charge in [0.05, 0.1) is 120 Å². The number of aromatic nitrogens is 6. The maximum atomic E-state index is 15.5. The Hall–Kier alpha value is -8.50. The van der Waals surface area contributed by atoms with E-state index in [1.807, 2.05) is 44.2 Å². The fourth-order valence-corrected chi connectivity index (χ4v) is 12.2. The predicted octanol–water partition coefficient (Wildman–Crippen LogP) is 11.1. The van der Waals surface area contributed by atoms with Crippen molar-refractivity contribution in [1.82, 2.24) is 29.9 Å². The summed E-state index contributed by atoms with van der Waals surface area (Å²) < 4.78 is 118. The quantitative estimate of drug-likeness (QED) is 0.0585. The van der Waals surface area contributed by atoms with Gasteiger partial charge in [0.15, 0.2) is 19.7 Å². The predicted molar refractivity (Wildman–Crippen MR) is 345 cm³/mol. The molecule has 26 heteroatoms. The molecule has 2 aliphatic heterocycles. The summed E-state index contributed by atoms with van der Waals surface area (Å²) in [6.45, 7) is 12.0. The summed E-state index contributed by atoms with van der Waals surface area (Å²) in [4.78, 5) is 31.9. The number of morpholine rings is 2. The Labute approximate surface area is 526 Å². The number of halogens is 5. The number of anilines is 6. The summed E-state index contributed by atoms with van der Waals surface area (Å²) in [5.41, 5.74) is 7.77. The van der Waals surface area contributed by atoms with Gasteiger partial charge in [0.25, 0.3) is 0 Å². The lowest BCUT2D eigenvalue weighted by molar-refractivity contribution is 0.122. The van der Waals surface area contributed by atoms with Crippen LogP contribution >= 0.6 is 15.9 Å². The van der Waals surface area contributed by atoms with Crippen LogP contribution in [0.15, 0.2) is 160 Å². The second-order valence-corrected chi connectivity index (χ2v) is 26.2. The summed E-state index contributed by atoms with van der Waals surface area (Å²) in [5.74, 6) is -1.34. The Balaban J connectivity index is 0.000000167. The molecule has 0 atom stereocenters. The van der Waals surface area contributed by atoms with E-state index in [0.29, 0.717) is 118 Å². The first-order valence-corrected chi connectivity index (χ1v) is 32.6. The Kier molecular flexibility index (Phi) is 20.2. The van der Waals surface area contributed by atoms with Crippen LogP contribution in [-0.2, 0) is 29.1 Å². The molecule has 0 spiro atoms. The van der Waals surface area contributed by atoms with Crippen LogP contribution in [0.4, 0.5) is 51.9 Å². The van der Waals surface area contributed by atoms with Crippen molar-refractivity contribution < 1.29 is 53.9 Å². The van der Waals surface area contributed by atoms with Crippen molar-refractivity contribution in [3.63, 3.8) is 0 Å². The second kappa shape index (κ2) is 28.1. The molecular weight excluding hydrogens is 1270 g/mol. The molecule has 10 aromatic rings. The zero-order chi connectivity index (χ0) is 63.9. The molecule has 2 fully saturated rings. The summed E-state index contributed by atoms with van der Waals surface area (Å²) in [6.07, 6.45) is 6.72. The normalized spacial score (nSPS) is 13.5. The van der Waals surface area contributed by atoms with Gasteiger partial charge in [0.2, 0.25) is 0 Å². The highest BCUT2D eigenvalue weighted by atomic mass is 79.9. The number of benzene rings is 4. The van der Waals surface area contributed by atoms with Gasteiger partial charge >= 0.3 is 7.12 Å². The molecule has 2 saturated heterocycles. The number of sulfone groups is 2. The molecule has 6 aromatic heterocycles. The molecule has 8 heterocycles. The van der Waals surface area contributed by atoms with Gasteiger partial charge in [-0.05, 0) is 89.3 Å². The monoisotopic (exact) mass is 1330 g/mol. The SMILES string of the molecule is CCS(=O)(=O)c1ccc(-c2cnc(N3CCOCC3)cc2Nc2c(C)c(-c3ccccn3)nc3cc(F)cc(F)c23)cc1.CCS(=O)(=O)c1ccc(B(O)O)cc1.Cc1c(-c2ccccn2)nc2cc(F)cc(F)c2c1Nc1cc(N2CCOCC2)ncc1Br. The molecule has 464 valence electrons. The van der Waals surface area contributed by atoms with Crippen LogP contribution in [0.3, 0.4) is 0 Å². The number of ether oxygens (including phenoxy) is 2. The number of pyridine rings is 6. The van der Waals surface area contributed by atoms with Gasteiger partial charge in [-0.2, -0.15) is 0 Å². The van der Waals surface area contributed by atoms with Gasteiger partial charge < -0.3 is 40.0 Å². The minimum atomic E-state index is -3.38. The van der Waals surface area contributed by atoms with Crippen LogP contribution in [0.25, 0.3) is 55.7 Å². The van der Waals surface area contributed by atoms with E-state index < -0.39 is 50.1 Å². The molecule has 2 aliphatic rings.